The fourth-order valence-corrected chi connectivity index (χ4v) is 2.47. The van der Waals surface area contributed by atoms with E-state index in [-0.39, 0.29) is 12.6 Å². The van der Waals surface area contributed by atoms with Crippen molar-refractivity contribution in [2.24, 2.45) is 0 Å². The Bertz CT molecular complexity index is 555. The number of halogens is 1. The third-order valence-corrected chi connectivity index (χ3v) is 3.93. The van der Waals surface area contributed by atoms with E-state index in [1.165, 1.54) is 12.1 Å². The third kappa shape index (κ3) is 3.27. The summed E-state index contributed by atoms with van der Waals surface area (Å²) >= 11 is 0. The number of benzene rings is 1. The van der Waals surface area contributed by atoms with Gasteiger partial charge in [0.15, 0.2) is 0 Å². The Kier molecular flexibility index (Phi) is 3.63. The summed E-state index contributed by atoms with van der Waals surface area (Å²) in [5.41, 5.74) is 0. The molecule has 0 aliphatic heterocycles. The number of amides is 1. The summed E-state index contributed by atoms with van der Waals surface area (Å²) in [4.78, 5) is 10.9. The molecule has 0 radical (unpaired) electrons. The van der Waals surface area contributed by atoms with Crippen molar-refractivity contribution in [1.82, 2.24) is 10.0 Å². The molecular formula is C11H13FN2O3S. The molecule has 1 fully saturated rings. The van der Waals surface area contributed by atoms with E-state index in [1.54, 1.807) is 0 Å². The number of carbonyl (C=O) groups is 1. The van der Waals surface area contributed by atoms with Gasteiger partial charge in [-0.05, 0) is 25.0 Å². The molecule has 1 aromatic carbocycles. The molecule has 1 aliphatic rings. The minimum absolute atomic E-state index is 0.162. The van der Waals surface area contributed by atoms with E-state index in [4.69, 9.17) is 0 Å². The van der Waals surface area contributed by atoms with Gasteiger partial charge < -0.3 is 5.32 Å². The van der Waals surface area contributed by atoms with Crippen LogP contribution < -0.4 is 10.0 Å². The number of hydrogen-bond donors (Lipinski definition) is 2. The first-order valence-electron chi connectivity index (χ1n) is 5.52. The second kappa shape index (κ2) is 5.03. The van der Waals surface area contributed by atoms with Crippen molar-refractivity contribution < 1.29 is 17.6 Å². The summed E-state index contributed by atoms with van der Waals surface area (Å²) in [6.45, 7) is -0.382. The van der Waals surface area contributed by atoms with Crippen molar-refractivity contribution >= 4 is 15.9 Å². The fourth-order valence-electron chi connectivity index (χ4n) is 1.41. The molecule has 0 aromatic heterocycles. The van der Waals surface area contributed by atoms with Crippen LogP contribution in [-0.4, -0.2) is 26.9 Å². The van der Waals surface area contributed by atoms with Gasteiger partial charge in [0.1, 0.15) is 10.7 Å². The molecule has 0 spiro atoms. The average Bonchev–Trinajstić information content (AvgIpc) is 3.11. The lowest BCUT2D eigenvalue weighted by atomic mass is 10.4. The van der Waals surface area contributed by atoms with Crippen molar-refractivity contribution in [1.29, 1.82) is 0 Å². The number of sulfonamides is 1. The third-order valence-electron chi connectivity index (χ3n) is 2.49. The van der Waals surface area contributed by atoms with Gasteiger partial charge in [-0.25, -0.2) is 17.5 Å². The Morgan fingerprint density at radius 2 is 2.00 bits per heavy atom. The number of nitrogens with one attached hydrogen (secondary N) is 2. The van der Waals surface area contributed by atoms with Gasteiger partial charge in [0, 0.05) is 6.04 Å². The molecule has 1 saturated carbocycles. The van der Waals surface area contributed by atoms with Gasteiger partial charge in [0.2, 0.25) is 15.9 Å². The average molecular weight is 272 g/mol. The summed E-state index contributed by atoms with van der Waals surface area (Å²) in [6, 6.07) is 5.18. The fraction of sp³-hybridized carbons (Fsp3) is 0.364. The van der Waals surface area contributed by atoms with Crippen molar-refractivity contribution in [3.63, 3.8) is 0 Å². The minimum atomic E-state index is -3.99. The highest BCUT2D eigenvalue weighted by Crippen LogP contribution is 2.18. The summed E-state index contributed by atoms with van der Waals surface area (Å²) < 4.78 is 38.8. The summed E-state index contributed by atoms with van der Waals surface area (Å²) in [5.74, 6) is -1.25. The lowest BCUT2D eigenvalue weighted by Crippen LogP contribution is -2.38. The van der Waals surface area contributed by atoms with Gasteiger partial charge in [-0.3, -0.25) is 4.79 Å². The predicted octanol–water partition coefficient (Wildman–Crippen LogP) is 0.383. The van der Waals surface area contributed by atoms with Crippen molar-refractivity contribution in [3.05, 3.63) is 30.1 Å². The maximum Gasteiger partial charge on any atom is 0.243 e. The van der Waals surface area contributed by atoms with E-state index in [1.807, 2.05) is 0 Å². The van der Waals surface area contributed by atoms with Crippen LogP contribution in [0.25, 0.3) is 0 Å². The Labute approximate surface area is 104 Å². The quantitative estimate of drug-likeness (QED) is 0.814. The van der Waals surface area contributed by atoms with Gasteiger partial charge in [0.05, 0.1) is 6.54 Å². The van der Waals surface area contributed by atoms with E-state index < -0.39 is 26.6 Å². The molecule has 0 saturated heterocycles. The smallest absolute Gasteiger partial charge is 0.243 e. The molecule has 1 aromatic rings. The van der Waals surface area contributed by atoms with Gasteiger partial charge >= 0.3 is 0 Å². The van der Waals surface area contributed by atoms with E-state index in [2.05, 4.69) is 10.0 Å². The largest absolute Gasteiger partial charge is 0.352 e. The highest BCUT2D eigenvalue weighted by Gasteiger charge is 2.24. The normalized spacial score (nSPS) is 15.4. The first-order chi connectivity index (χ1) is 8.49. The van der Waals surface area contributed by atoms with Crippen LogP contribution in [0.15, 0.2) is 29.2 Å². The molecule has 1 amide bonds. The maximum atomic E-state index is 13.3. The van der Waals surface area contributed by atoms with Crippen LogP contribution in [0.2, 0.25) is 0 Å². The Balaban J connectivity index is 1.98. The van der Waals surface area contributed by atoms with E-state index >= 15 is 0 Å². The Morgan fingerprint density at radius 3 is 2.61 bits per heavy atom. The second-order valence-electron chi connectivity index (χ2n) is 4.10. The number of rotatable bonds is 5. The van der Waals surface area contributed by atoms with Crippen LogP contribution >= 0.6 is 0 Å². The highest BCUT2D eigenvalue weighted by molar-refractivity contribution is 7.89. The first kappa shape index (κ1) is 13.0. The second-order valence-corrected chi connectivity index (χ2v) is 5.83. The Hall–Kier alpha value is -1.47. The molecule has 98 valence electrons. The van der Waals surface area contributed by atoms with Gasteiger partial charge in [-0.15, -0.1) is 0 Å². The van der Waals surface area contributed by atoms with Crippen molar-refractivity contribution in [3.8, 4) is 0 Å². The van der Waals surface area contributed by atoms with Crippen LogP contribution in [0.4, 0.5) is 4.39 Å². The molecule has 7 heteroatoms. The molecule has 0 atom stereocenters. The van der Waals surface area contributed by atoms with Crippen LogP contribution in [0, 0.1) is 5.82 Å². The number of hydrogen-bond acceptors (Lipinski definition) is 3. The monoisotopic (exact) mass is 272 g/mol. The molecule has 18 heavy (non-hydrogen) atoms. The van der Waals surface area contributed by atoms with Crippen LogP contribution in [0.1, 0.15) is 12.8 Å². The van der Waals surface area contributed by atoms with Gasteiger partial charge in [-0.2, -0.15) is 0 Å². The minimum Gasteiger partial charge on any atom is -0.352 e. The zero-order chi connectivity index (χ0) is 13.2. The lowest BCUT2D eigenvalue weighted by Gasteiger charge is -2.07. The zero-order valence-corrected chi connectivity index (χ0v) is 10.3. The van der Waals surface area contributed by atoms with Crippen LogP contribution in [0.3, 0.4) is 0 Å². The standard InChI is InChI=1S/C11H13FN2O3S/c12-9-3-1-2-4-10(9)18(16,17)13-7-11(15)14-8-5-6-8/h1-4,8,13H,5-7H2,(H,14,15). The van der Waals surface area contributed by atoms with Crippen molar-refractivity contribution in [2.75, 3.05) is 6.54 Å². The molecule has 5 nitrogen and oxygen atoms in total. The lowest BCUT2D eigenvalue weighted by molar-refractivity contribution is -0.120. The van der Waals surface area contributed by atoms with Crippen LogP contribution in [0.5, 0.6) is 0 Å². The first-order valence-corrected chi connectivity index (χ1v) is 7.01. The molecule has 2 rings (SSSR count). The molecular weight excluding hydrogens is 259 g/mol. The van der Waals surface area contributed by atoms with Gasteiger partial charge in [0.25, 0.3) is 0 Å². The highest BCUT2D eigenvalue weighted by atomic mass is 32.2. The summed E-state index contributed by atoms with van der Waals surface area (Å²) in [5, 5.41) is 2.63. The SMILES string of the molecule is O=C(CNS(=O)(=O)c1ccccc1F)NC1CC1. The molecule has 1 aliphatic carbocycles. The van der Waals surface area contributed by atoms with E-state index in [9.17, 15) is 17.6 Å². The van der Waals surface area contributed by atoms with Crippen LogP contribution in [-0.2, 0) is 14.8 Å². The molecule has 2 N–H and O–H groups in total. The van der Waals surface area contributed by atoms with E-state index in [0.29, 0.717) is 0 Å². The van der Waals surface area contributed by atoms with Crippen molar-refractivity contribution in [2.45, 2.75) is 23.8 Å². The number of carbonyl (C=O) groups excluding carboxylic acids is 1. The molecule has 0 heterocycles. The molecule has 0 unspecified atom stereocenters. The zero-order valence-electron chi connectivity index (χ0n) is 9.52. The topological polar surface area (TPSA) is 75.3 Å². The van der Waals surface area contributed by atoms with E-state index in [0.717, 1.165) is 25.0 Å². The Morgan fingerprint density at radius 1 is 1.33 bits per heavy atom. The van der Waals surface area contributed by atoms with Gasteiger partial charge in [-0.1, -0.05) is 12.1 Å². The maximum absolute atomic E-state index is 13.3. The molecule has 0 bridgehead atoms. The summed E-state index contributed by atoms with van der Waals surface area (Å²) in [7, 11) is -3.99. The summed E-state index contributed by atoms with van der Waals surface area (Å²) in [6.07, 6.45) is 1.84. The predicted molar refractivity (Wildman–Crippen MR) is 62.8 cm³/mol.